The number of hydrogen-bond donors (Lipinski definition) is 1. The number of aliphatic hydroxyl groups is 1. The summed E-state index contributed by atoms with van der Waals surface area (Å²) in [6.45, 7) is 9.11. The van der Waals surface area contributed by atoms with E-state index in [1.54, 1.807) is 0 Å². The lowest BCUT2D eigenvalue weighted by atomic mass is 10.3. The first-order chi connectivity index (χ1) is 5.61. The minimum Gasteiger partial charge on any atom is -0.393 e. The quantitative estimate of drug-likeness (QED) is 0.607. The van der Waals surface area contributed by atoms with Gasteiger partial charge in [-0.2, -0.15) is 0 Å². The largest absolute Gasteiger partial charge is 0.393 e. The van der Waals surface area contributed by atoms with Gasteiger partial charge in [-0.05, 0) is 13.3 Å². The Hall–Kier alpha value is -0.120. The molecular formula is C9H22N2O. The molecule has 0 fully saturated rings. The number of hydrazine groups is 1. The maximum atomic E-state index is 9.08. The van der Waals surface area contributed by atoms with E-state index in [4.69, 9.17) is 5.11 Å². The topological polar surface area (TPSA) is 26.7 Å². The monoisotopic (exact) mass is 174 g/mol. The molecule has 0 spiro atoms. The highest BCUT2D eigenvalue weighted by Gasteiger charge is 2.06. The first-order valence-electron chi connectivity index (χ1n) is 4.75. The van der Waals surface area contributed by atoms with Gasteiger partial charge in [0.2, 0.25) is 0 Å². The molecule has 0 heterocycles. The fourth-order valence-electron chi connectivity index (χ4n) is 1.22. The van der Waals surface area contributed by atoms with Crippen LogP contribution in [0.1, 0.15) is 27.2 Å². The smallest absolute Gasteiger partial charge is 0.0524 e. The molecule has 0 aliphatic rings. The molecule has 0 rings (SSSR count). The van der Waals surface area contributed by atoms with Gasteiger partial charge in [-0.15, -0.1) is 0 Å². The zero-order valence-electron chi connectivity index (χ0n) is 8.75. The second-order valence-corrected chi connectivity index (χ2v) is 3.16. The third kappa shape index (κ3) is 4.70. The van der Waals surface area contributed by atoms with Crippen molar-refractivity contribution in [3.05, 3.63) is 0 Å². The van der Waals surface area contributed by atoms with Crippen molar-refractivity contribution in [2.45, 2.75) is 33.3 Å². The second kappa shape index (κ2) is 6.40. The Bertz CT molecular complexity index is 103. The molecule has 0 aliphatic carbocycles. The molecule has 0 aromatic heterocycles. The van der Waals surface area contributed by atoms with E-state index in [0.29, 0.717) is 0 Å². The van der Waals surface area contributed by atoms with Crippen molar-refractivity contribution in [1.82, 2.24) is 10.0 Å². The second-order valence-electron chi connectivity index (χ2n) is 3.16. The summed E-state index contributed by atoms with van der Waals surface area (Å²) in [5.74, 6) is 0. The molecule has 0 bridgehead atoms. The first kappa shape index (κ1) is 11.9. The molecule has 0 saturated carbocycles. The Morgan fingerprint density at radius 2 is 1.75 bits per heavy atom. The molecule has 1 unspecified atom stereocenters. The van der Waals surface area contributed by atoms with Crippen LogP contribution in [0.25, 0.3) is 0 Å². The van der Waals surface area contributed by atoms with Crippen LogP contribution in [0.5, 0.6) is 0 Å². The van der Waals surface area contributed by atoms with Crippen LogP contribution in [0.2, 0.25) is 0 Å². The van der Waals surface area contributed by atoms with Gasteiger partial charge in [0.15, 0.2) is 0 Å². The summed E-state index contributed by atoms with van der Waals surface area (Å²) in [6.07, 6.45) is 0.649. The molecule has 12 heavy (non-hydrogen) atoms. The zero-order valence-corrected chi connectivity index (χ0v) is 8.75. The Kier molecular flexibility index (Phi) is 6.34. The SMILES string of the molecule is CCN(CC)N(C)CCC(C)O. The maximum Gasteiger partial charge on any atom is 0.0524 e. The number of hydrogen-bond acceptors (Lipinski definition) is 3. The summed E-state index contributed by atoms with van der Waals surface area (Å²) < 4.78 is 0. The van der Waals surface area contributed by atoms with Crippen molar-refractivity contribution >= 4 is 0 Å². The molecule has 0 radical (unpaired) electrons. The Morgan fingerprint density at radius 1 is 1.25 bits per heavy atom. The molecule has 0 amide bonds. The van der Waals surface area contributed by atoms with Crippen molar-refractivity contribution in [3.63, 3.8) is 0 Å². The van der Waals surface area contributed by atoms with E-state index in [9.17, 15) is 0 Å². The van der Waals surface area contributed by atoms with E-state index in [-0.39, 0.29) is 6.10 Å². The predicted octanol–water partition coefficient (Wildman–Crippen LogP) is 0.946. The lowest BCUT2D eigenvalue weighted by Crippen LogP contribution is -2.40. The molecule has 1 atom stereocenters. The number of nitrogens with zero attached hydrogens (tertiary/aromatic N) is 2. The molecule has 1 N–H and O–H groups in total. The molecule has 3 nitrogen and oxygen atoms in total. The number of aliphatic hydroxyl groups excluding tert-OH is 1. The lowest BCUT2D eigenvalue weighted by Gasteiger charge is -2.30. The molecule has 74 valence electrons. The lowest BCUT2D eigenvalue weighted by molar-refractivity contribution is -0.000352. The average Bonchev–Trinajstić information content (AvgIpc) is 2.03. The summed E-state index contributed by atoms with van der Waals surface area (Å²) in [6, 6.07) is 0. The van der Waals surface area contributed by atoms with Crippen molar-refractivity contribution in [2.24, 2.45) is 0 Å². The first-order valence-corrected chi connectivity index (χ1v) is 4.75. The predicted molar refractivity (Wildman–Crippen MR) is 51.8 cm³/mol. The zero-order chi connectivity index (χ0) is 9.56. The van der Waals surface area contributed by atoms with Crippen molar-refractivity contribution in [3.8, 4) is 0 Å². The molecular weight excluding hydrogens is 152 g/mol. The van der Waals surface area contributed by atoms with Gasteiger partial charge in [0.1, 0.15) is 0 Å². The van der Waals surface area contributed by atoms with E-state index in [2.05, 4.69) is 30.9 Å². The minimum absolute atomic E-state index is 0.192. The van der Waals surface area contributed by atoms with Crippen LogP contribution in [-0.2, 0) is 0 Å². The normalized spacial score (nSPS) is 14.2. The van der Waals surface area contributed by atoms with Crippen LogP contribution < -0.4 is 0 Å². The van der Waals surface area contributed by atoms with Crippen LogP contribution in [0.3, 0.4) is 0 Å². The van der Waals surface area contributed by atoms with E-state index < -0.39 is 0 Å². The van der Waals surface area contributed by atoms with Crippen molar-refractivity contribution < 1.29 is 5.11 Å². The summed E-state index contributed by atoms with van der Waals surface area (Å²) in [7, 11) is 2.06. The standard InChI is InChI=1S/C9H22N2O/c1-5-11(6-2)10(4)8-7-9(3)12/h9,12H,5-8H2,1-4H3. The van der Waals surface area contributed by atoms with Gasteiger partial charge in [-0.25, -0.2) is 10.0 Å². The van der Waals surface area contributed by atoms with Crippen LogP contribution in [0, 0.1) is 0 Å². The Morgan fingerprint density at radius 3 is 2.08 bits per heavy atom. The van der Waals surface area contributed by atoms with Crippen LogP contribution in [-0.4, -0.2) is 47.9 Å². The minimum atomic E-state index is -0.192. The fraction of sp³-hybridized carbons (Fsp3) is 1.00. The summed E-state index contributed by atoms with van der Waals surface area (Å²) in [4.78, 5) is 0. The van der Waals surface area contributed by atoms with E-state index >= 15 is 0 Å². The molecule has 0 aromatic rings. The van der Waals surface area contributed by atoms with Gasteiger partial charge in [-0.3, -0.25) is 0 Å². The van der Waals surface area contributed by atoms with Crippen LogP contribution in [0.4, 0.5) is 0 Å². The molecule has 3 heteroatoms. The van der Waals surface area contributed by atoms with Gasteiger partial charge < -0.3 is 5.11 Å². The van der Waals surface area contributed by atoms with Crippen LogP contribution in [0.15, 0.2) is 0 Å². The Balaban J connectivity index is 3.61. The molecule has 0 aliphatic heterocycles. The number of rotatable bonds is 6. The highest BCUT2D eigenvalue weighted by atomic mass is 16.3. The summed E-state index contributed by atoms with van der Waals surface area (Å²) in [5.41, 5.74) is 0. The van der Waals surface area contributed by atoms with Crippen molar-refractivity contribution in [1.29, 1.82) is 0 Å². The van der Waals surface area contributed by atoms with Gasteiger partial charge in [-0.1, -0.05) is 13.8 Å². The molecule has 0 saturated heterocycles. The van der Waals surface area contributed by atoms with E-state index in [1.807, 2.05) is 6.92 Å². The van der Waals surface area contributed by atoms with Crippen LogP contribution >= 0.6 is 0 Å². The summed E-state index contributed by atoms with van der Waals surface area (Å²) >= 11 is 0. The van der Waals surface area contributed by atoms with Gasteiger partial charge in [0, 0.05) is 26.7 Å². The van der Waals surface area contributed by atoms with Gasteiger partial charge >= 0.3 is 0 Å². The third-order valence-electron chi connectivity index (χ3n) is 2.08. The van der Waals surface area contributed by atoms with Gasteiger partial charge in [0.25, 0.3) is 0 Å². The fourth-order valence-corrected chi connectivity index (χ4v) is 1.22. The summed E-state index contributed by atoms with van der Waals surface area (Å²) in [5, 5.41) is 13.5. The maximum absolute atomic E-state index is 9.08. The average molecular weight is 174 g/mol. The Labute approximate surface area is 75.9 Å². The third-order valence-corrected chi connectivity index (χ3v) is 2.08. The molecule has 0 aromatic carbocycles. The highest BCUT2D eigenvalue weighted by molar-refractivity contribution is 4.53. The highest BCUT2D eigenvalue weighted by Crippen LogP contribution is 1.97. The van der Waals surface area contributed by atoms with E-state index in [0.717, 1.165) is 26.1 Å². The van der Waals surface area contributed by atoms with Crippen molar-refractivity contribution in [2.75, 3.05) is 26.7 Å². The van der Waals surface area contributed by atoms with Gasteiger partial charge in [0.05, 0.1) is 6.10 Å². The van der Waals surface area contributed by atoms with E-state index in [1.165, 1.54) is 0 Å².